The van der Waals surface area contributed by atoms with Gasteiger partial charge in [0.25, 0.3) is 0 Å². The third kappa shape index (κ3) is 4.00. The van der Waals surface area contributed by atoms with Gasteiger partial charge in [-0.15, -0.1) is 0 Å². The van der Waals surface area contributed by atoms with E-state index >= 15 is 0 Å². The number of nitrogens with zero attached hydrogens (tertiary/aromatic N) is 1. The summed E-state index contributed by atoms with van der Waals surface area (Å²) in [6, 6.07) is 7.73. The molecule has 0 saturated heterocycles. The van der Waals surface area contributed by atoms with Crippen molar-refractivity contribution in [2.24, 2.45) is 5.92 Å². The highest BCUT2D eigenvalue weighted by molar-refractivity contribution is 9.10. The Bertz CT molecular complexity index is 911. The number of rotatable bonds is 4. The first-order chi connectivity index (χ1) is 13.1. The molecule has 0 N–H and O–H groups in total. The van der Waals surface area contributed by atoms with Crippen molar-refractivity contribution in [3.8, 4) is 11.5 Å². The Hall–Kier alpha value is -2.34. The first kappa shape index (κ1) is 18.0. The Morgan fingerprint density at radius 3 is 2.96 bits per heavy atom. The third-order valence-electron chi connectivity index (χ3n) is 5.01. The summed E-state index contributed by atoms with van der Waals surface area (Å²) in [5, 5.41) is 0. The minimum absolute atomic E-state index is 0.107. The number of ether oxygens (including phenoxy) is 2. The minimum atomic E-state index is -0.172. The topological polar surface area (TPSA) is 61.6 Å². The molecular weight excluding hydrogens is 410 g/mol. The lowest BCUT2D eigenvalue weighted by atomic mass is 9.83. The number of aryl methyl sites for hydroxylation is 1. The molecule has 0 amide bonds. The smallest absolute Gasteiger partial charge is 0.309 e. The van der Waals surface area contributed by atoms with Crippen molar-refractivity contribution in [3.63, 3.8) is 0 Å². The van der Waals surface area contributed by atoms with Crippen LogP contribution in [0.2, 0.25) is 0 Å². The first-order valence-electron chi connectivity index (χ1n) is 8.98. The number of carbonyl (C=O) groups excluding carboxylic acids is 1. The highest BCUT2D eigenvalue weighted by Gasteiger charge is 2.28. The van der Waals surface area contributed by atoms with Gasteiger partial charge < -0.3 is 13.9 Å². The van der Waals surface area contributed by atoms with Crippen LogP contribution in [0.5, 0.6) is 0 Å². The Labute approximate surface area is 166 Å². The van der Waals surface area contributed by atoms with Gasteiger partial charge in [-0.1, -0.05) is 15.9 Å². The molecule has 2 aromatic rings. The molecule has 4 rings (SSSR count). The first-order valence-corrected chi connectivity index (χ1v) is 9.77. The number of esters is 1. The van der Waals surface area contributed by atoms with E-state index < -0.39 is 0 Å². The lowest BCUT2D eigenvalue weighted by Gasteiger charge is -2.26. The summed E-state index contributed by atoms with van der Waals surface area (Å²) >= 11 is 3.41. The van der Waals surface area contributed by atoms with Gasteiger partial charge in [-0.2, -0.15) is 0 Å². The van der Waals surface area contributed by atoms with E-state index in [1.54, 1.807) is 6.26 Å². The number of oxazole rings is 1. The molecule has 1 aromatic heterocycles. The van der Waals surface area contributed by atoms with E-state index in [1.165, 1.54) is 11.1 Å². The van der Waals surface area contributed by atoms with Crippen LogP contribution in [0.4, 0.5) is 0 Å². The van der Waals surface area contributed by atoms with Crippen LogP contribution >= 0.6 is 15.9 Å². The maximum Gasteiger partial charge on any atom is 0.309 e. The zero-order valence-electron chi connectivity index (χ0n) is 15.0. The molecule has 0 fully saturated rings. The van der Waals surface area contributed by atoms with Gasteiger partial charge >= 0.3 is 5.97 Å². The summed E-state index contributed by atoms with van der Waals surface area (Å²) < 4.78 is 17.6. The van der Waals surface area contributed by atoms with Crippen molar-refractivity contribution in [2.75, 3.05) is 6.61 Å². The second-order valence-corrected chi connectivity index (χ2v) is 7.73. The van der Waals surface area contributed by atoms with E-state index in [1.807, 2.05) is 37.3 Å². The van der Waals surface area contributed by atoms with Gasteiger partial charge in [0.2, 0.25) is 5.89 Å². The summed E-state index contributed by atoms with van der Waals surface area (Å²) in [7, 11) is 0. The zero-order valence-corrected chi connectivity index (χ0v) is 16.6. The average Bonchev–Trinajstić information content (AvgIpc) is 3.07. The molecule has 0 saturated carbocycles. The number of aromatic nitrogens is 1. The summed E-state index contributed by atoms with van der Waals surface area (Å²) in [6.07, 6.45) is 6.07. The number of carbonyl (C=O) groups is 1. The predicted molar refractivity (Wildman–Crippen MR) is 104 cm³/mol. The molecular formula is C21H20BrNO4. The summed E-state index contributed by atoms with van der Waals surface area (Å²) in [4.78, 5) is 17.0. The second-order valence-electron chi connectivity index (χ2n) is 6.82. The van der Waals surface area contributed by atoms with Gasteiger partial charge in [0.15, 0.2) is 0 Å². The van der Waals surface area contributed by atoms with Crippen molar-refractivity contribution in [1.29, 1.82) is 0 Å². The fourth-order valence-electron chi connectivity index (χ4n) is 3.39. The Morgan fingerprint density at radius 2 is 2.15 bits per heavy atom. The van der Waals surface area contributed by atoms with Crippen molar-refractivity contribution < 1.29 is 18.7 Å². The SMILES string of the molecule is Cc1oc(-c2ccc(Br)cc2)nc1COC(=O)C1CCC2=C(C=COC2)C1. The molecule has 1 atom stereocenters. The molecule has 1 unspecified atom stereocenters. The average molecular weight is 430 g/mol. The van der Waals surface area contributed by atoms with Crippen molar-refractivity contribution in [1.82, 2.24) is 4.98 Å². The van der Waals surface area contributed by atoms with E-state index in [4.69, 9.17) is 13.9 Å². The highest BCUT2D eigenvalue weighted by Crippen LogP contribution is 2.33. The molecule has 0 spiro atoms. The molecule has 0 bridgehead atoms. The summed E-state index contributed by atoms with van der Waals surface area (Å²) in [6.45, 7) is 2.61. The lowest BCUT2D eigenvalue weighted by Crippen LogP contribution is -2.23. The van der Waals surface area contributed by atoms with Crippen LogP contribution in [0.25, 0.3) is 11.5 Å². The molecule has 1 aliphatic carbocycles. The van der Waals surface area contributed by atoms with Gasteiger partial charge in [0.1, 0.15) is 24.7 Å². The van der Waals surface area contributed by atoms with Crippen LogP contribution < -0.4 is 0 Å². The van der Waals surface area contributed by atoms with Gasteiger partial charge in [-0.3, -0.25) is 4.79 Å². The van der Waals surface area contributed by atoms with Crippen LogP contribution in [-0.4, -0.2) is 17.6 Å². The third-order valence-corrected chi connectivity index (χ3v) is 5.54. The maximum atomic E-state index is 12.5. The molecule has 140 valence electrons. The van der Waals surface area contributed by atoms with Crippen LogP contribution in [0, 0.1) is 12.8 Å². The van der Waals surface area contributed by atoms with Crippen molar-refractivity contribution in [2.45, 2.75) is 32.8 Å². The minimum Gasteiger partial charge on any atom is -0.497 e. The zero-order chi connectivity index (χ0) is 18.8. The van der Waals surface area contributed by atoms with Gasteiger partial charge in [-0.25, -0.2) is 4.98 Å². The Morgan fingerprint density at radius 1 is 1.33 bits per heavy atom. The van der Waals surface area contributed by atoms with Crippen LogP contribution in [0.3, 0.4) is 0 Å². The fraction of sp³-hybridized carbons (Fsp3) is 0.333. The molecule has 0 radical (unpaired) electrons. The van der Waals surface area contributed by atoms with E-state index in [9.17, 15) is 4.79 Å². The Balaban J connectivity index is 1.39. The van der Waals surface area contributed by atoms with Crippen molar-refractivity contribution in [3.05, 3.63) is 63.7 Å². The molecule has 6 heteroatoms. The van der Waals surface area contributed by atoms with Gasteiger partial charge in [-0.05, 0) is 67.7 Å². The largest absolute Gasteiger partial charge is 0.497 e. The quantitative estimate of drug-likeness (QED) is 0.632. The van der Waals surface area contributed by atoms with E-state index in [0.717, 1.165) is 29.3 Å². The molecule has 1 aromatic carbocycles. The predicted octanol–water partition coefficient (Wildman–Crippen LogP) is 5.10. The monoisotopic (exact) mass is 429 g/mol. The number of hydrogen-bond donors (Lipinski definition) is 0. The van der Waals surface area contributed by atoms with Crippen molar-refractivity contribution >= 4 is 21.9 Å². The van der Waals surface area contributed by atoms with E-state index in [-0.39, 0.29) is 18.5 Å². The molecule has 2 aliphatic rings. The molecule has 1 aliphatic heterocycles. The molecule has 2 heterocycles. The molecule has 27 heavy (non-hydrogen) atoms. The number of benzene rings is 1. The number of allylic oxidation sites excluding steroid dienone is 2. The normalized spacial score (nSPS) is 18.8. The lowest BCUT2D eigenvalue weighted by molar-refractivity contribution is -0.150. The fourth-order valence-corrected chi connectivity index (χ4v) is 3.65. The van der Waals surface area contributed by atoms with Crippen LogP contribution in [0.15, 0.2) is 56.6 Å². The van der Waals surface area contributed by atoms with Gasteiger partial charge in [0, 0.05) is 10.0 Å². The maximum absolute atomic E-state index is 12.5. The van der Waals surface area contributed by atoms with Gasteiger partial charge in [0.05, 0.1) is 12.2 Å². The second kappa shape index (κ2) is 7.72. The Kier molecular flexibility index (Phi) is 5.16. The van der Waals surface area contributed by atoms with E-state index in [0.29, 0.717) is 24.0 Å². The highest BCUT2D eigenvalue weighted by atomic mass is 79.9. The van der Waals surface area contributed by atoms with Crippen LogP contribution in [-0.2, 0) is 20.9 Å². The molecule has 5 nitrogen and oxygen atoms in total. The summed E-state index contributed by atoms with van der Waals surface area (Å²) in [5.74, 6) is 0.922. The van der Waals surface area contributed by atoms with E-state index in [2.05, 4.69) is 20.9 Å². The number of halogens is 1. The number of hydrogen-bond acceptors (Lipinski definition) is 5. The standard InChI is InChI=1S/C21H20BrNO4/c1-13-19(23-20(27-13)14-4-6-18(22)7-5-14)12-26-21(24)16-2-3-17-11-25-9-8-15(17)10-16/h4-9,16H,2-3,10-12H2,1H3. The van der Waals surface area contributed by atoms with Crippen LogP contribution in [0.1, 0.15) is 30.7 Å². The summed E-state index contributed by atoms with van der Waals surface area (Å²) in [5.41, 5.74) is 4.05.